The second kappa shape index (κ2) is 6.28. The van der Waals surface area contributed by atoms with Gasteiger partial charge in [-0.05, 0) is 38.2 Å². The van der Waals surface area contributed by atoms with Crippen LogP contribution in [0.1, 0.15) is 36.8 Å². The lowest BCUT2D eigenvalue weighted by atomic mass is 9.97. The fourth-order valence-corrected chi connectivity index (χ4v) is 2.91. The summed E-state index contributed by atoms with van der Waals surface area (Å²) in [5.41, 5.74) is 0.649. The minimum Gasteiger partial charge on any atom is -0.373 e. The molecular weight excluding hydrogens is 349 g/mol. The van der Waals surface area contributed by atoms with Crippen LogP contribution in [0.2, 0.25) is 0 Å². The highest BCUT2D eigenvalue weighted by atomic mass is 127. The normalized spacial score (nSPS) is 24.2. The molecule has 0 amide bonds. The van der Waals surface area contributed by atoms with E-state index in [0.717, 1.165) is 29.6 Å². The Morgan fingerprint density at radius 1 is 1.17 bits per heavy atom. The van der Waals surface area contributed by atoms with Crippen molar-refractivity contribution in [3.05, 3.63) is 34.9 Å². The van der Waals surface area contributed by atoms with Crippen LogP contribution in [-0.4, -0.2) is 10.0 Å². The molecule has 0 saturated heterocycles. The van der Waals surface area contributed by atoms with Gasteiger partial charge in [0.15, 0.2) is 11.6 Å². The Bertz CT molecular complexity index is 415. The summed E-state index contributed by atoms with van der Waals surface area (Å²) >= 11 is 2.45. The molecule has 1 aromatic carbocycles. The highest BCUT2D eigenvalue weighted by molar-refractivity contribution is 14.1. The molecule has 0 N–H and O–H groups in total. The first-order chi connectivity index (χ1) is 8.58. The van der Waals surface area contributed by atoms with Crippen LogP contribution in [0, 0.1) is 18.6 Å². The molecule has 0 aliphatic heterocycles. The van der Waals surface area contributed by atoms with Crippen molar-refractivity contribution in [1.29, 1.82) is 0 Å². The quantitative estimate of drug-likeness (QED) is 0.564. The molecule has 1 nitrogen and oxygen atoms in total. The second-order valence-electron chi connectivity index (χ2n) is 4.85. The first-order valence-electron chi connectivity index (χ1n) is 6.27. The summed E-state index contributed by atoms with van der Waals surface area (Å²) in [5.74, 6) is -1.52. The van der Waals surface area contributed by atoms with Gasteiger partial charge in [0, 0.05) is 9.49 Å². The van der Waals surface area contributed by atoms with E-state index in [2.05, 4.69) is 22.6 Å². The monoisotopic (exact) mass is 366 g/mol. The van der Waals surface area contributed by atoms with E-state index >= 15 is 0 Å². The highest BCUT2D eigenvalue weighted by Crippen LogP contribution is 2.27. The maximum Gasteiger partial charge on any atom is 0.164 e. The number of rotatable bonds is 3. The predicted molar refractivity (Wildman–Crippen MR) is 75.9 cm³/mol. The summed E-state index contributed by atoms with van der Waals surface area (Å²) in [4.78, 5) is 0. The molecule has 2 rings (SSSR count). The molecular formula is C14H17F2IO. The van der Waals surface area contributed by atoms with E-state index in [1.54, 1.807) is 19.1 Å². The third-order valence-corrected chi connectivity index (χ3v) is 4.68. The Morgan fingerprint density at radius 2 is 1.83 bits per heavy atom. The number of halogens is 3. The third kappa shape index (κ3) is 3.41. The zero-order valence-corrected chi connectivity index (χ0v) is 12.5. The lowest BCUT2D eigenvalue weighted by molar-refractivity contribution is 0.0170. The van der Waals surface area contributed by atoms with E-state index in [9.17, 15) is 8.78 Å². The Labute approximate surface area is 120 Å². The van der Waals surface area contributed by atoms with Gasteiger partial charge in [0.2, 0.25) is 0 Å². The number of benzene rings is 1. The van der Waals surface area contributed by atoms with Crippen LogP contribution in [0.4, 0.5) is 8.78 Å². The lowest BCUT2D eigenvalue weighted by Crippen LogP contribution is -2.21. The Hall–Kier alpha value is -0.230. The van der Waals surface area contributed by atoms with Crippen LogP contribution >= 0.6 is 22.6 Å². The van der Waals surface area contributed by atoms with E-state index in [1.165, 1.54) is 0 Å². The van der Waals surface area contributed by atoms with Crippen molar-refractivity contribution in [2.24, 2.45) is 0 Å². The lowest BCUT2D eigenvalue weighted by Gasteiger charge is -2.25. The van der Waals surface area contributed by atoms with Gasteiger partial charge in [0.05, 0.1) is 12.7 Å². The first-order valence-corrected chi connectivity index (χ1v) is 7.51. The number of alkyl halides is 1. The molecule has 0 unspecified atom stereocenters. The van der Waals surface area contributed by atoms with E-state index in [4.69, 9.17) is 4.74 Å². The topological polar surface area (TPSA) is 9.23 Å². The van der Waals surface area contributed by atoms with Crippen molar-refractivity contribution in [3.8, 4) is 0 Å². The van der Waals surface area contributed by atoms with E-state index in [1.807, 2.05) is 0 Å². The molecule has 100 valence electrons. The van der Waals surface area contributed by atoms with Crippen molar-refractivity contribution >= 4 is 22.6 Å². The highest BCUT2D eigenvalue weighted by Gasteiger charge is 2.20. The summed E-state index contributed by atoms with van der Waals surface area (Å²) in [6, 6.07) is 3.20. The molecule has 0 atom stereocenters. The van der Waals surface area contributed by atoms with Crippen LogP contribution in [-0.2, 0) is 11.3 Å². The minimum atomic E-state index is -0.766. The Morgan fingerprint density at radius 3 is 2.50 bits per heavy atom. The van der Waals surface area contributed by atoms with Crippen molar-refractivity contribution in [2.75, 3.05) is 0 Å². The van der Waals surface area contributed by atoms with Crippen LogP contribution in [0.25, 0.3) is 0 Å². The molecule has 1 aliphatic carbocycles. The fourth-order valence-electron chi connectivity index (χ4n) is 2.19. The SMILES string of the molecule is Cc1ccc(COC2CCC(I)CC2)c(F)c1F. The van der Waals surface area contributed by atoms with Crippen LogP contribution in [0.5, 0.6) is 0 Å². The number of ether oxygens (including phenoxy) is 1. The molecule has 1 fully saturated rings. The molecule has 0 aromatic heterocycles. The molecule has 18 heavy (non-hydrogen) atoms. The van der Waals surface area contributed by atoms with Crippen molar-refractivity contribution in [2.45, 2.75) is 49.2 Å². The van der Waals surface area contributed by atoms with Gasteiger partial charge in [-0.3, -0.25) is 0 Å². The molecule has 0 bridgehead atoms. The minimum absolute atomic E-state index is 0.166. The summed E-state index contributed by atoms with van der Waals surface area (Å²) in [7, 11) is 0. The average molecular weight is 366 g/mol. The van der Waals surface area contributed by atoms with Crippen molar-refractivity contribution in [1.82, 2.24) is 0 Å². The van der Waals surface area contributed by atoms with Gasteiger partial charge < -0.3 is 4.74 Å². The zero-order chi connectivity index (χ0) is 13.1. The maximum atomic E-state index is 13.6. The standard InChI is InChI=1S/C14H17F2IO/c1-9-2-3-10(14(16)13(9)15)8-18-12-6-4-11(17)5-7-12/h2-3,11-12H,4-8H2,1H3. The van der Waals surface area contributed by atoms with Crippen molar-refractivity contribution in [3.63, 3.8) is 0 Å². The van der Waals surface area contributed by atoms with Gasteiger partial charge in [-0.1, -0.05) is 34.7 Å². The van der Waals surface area contributed by atoms with E-state index in [-0.39, 0.29) is 12.7 Å². The predicted octanol–water partition coefficient (Wildman–Crippen LogP) is 4.54. The van der Waals surface area contributed by atoms with E-state index in [0.29, 0.717) is 11.1 Å². The average Bonchev–Trinajstić information content (AvgIpc) is 2.37. The number of hydrogen-bond donors (Lipinski definition) is 0. The third-order valence-electron chi connectivity index (χ3n) is 3.43. The fraction of sp³-hybridized carbons (Fsp3) is 0.571. The first kappa shape index (κ1) is 14.2. The largest absolute Gasteiger partial charge is 0.373 e. The van der Waals surface area contributed by atoms with Gasteiger partial charge >= 0.3 is 0 Å². The Balaban J connectivity index is 1.92. The molecule has 0 spiro atoms. The molecule has 4 heteroatoms. The summed E-state index contributed by atoms with van der Waals surface area (Å²) < 4.78 is 33.4. The number of aryl methyl sites for hydroxylation is 1. The van der Waals surface area contributed by atoms with Gasteiger partial charge in [0.25, 0.3) is 0 Å². The maximum absolute atomic E-state index is 13.6. The van der Waals surface area contributed by atoms with Crippen LogP contribution in [0.3, 0.4) is 0 Å². The van der Waals surface area contributed by atoms with Gasteiger partial charge in [-0.25, -0.2) is 8.78 Å². The van der Waals surface area contributed by atoms with E-state index < -0.39 is 11.6 Å². The molecule has 1 saturated carbocycles. The molecule has 0 radical (unpaired) electrons. The number of hydrogen-bond acceptors (Lipinski definition) is 1. The smallest absolute Gasteiger partial charge is 0.164 e. The molecule has 0 heterocycles. The second-order valence-corrected chi connectivity index (χ2v) is 6.62. The van der Waals surface area contributed by atoms with Crippen LogP contribution < -0.4 is 0 Å². The summed E-state index contributed by atoms with van der Waals surface area (Å²) in [5, 5.41) is 0. The molecule has 1 aliphatic rings. The zero-order valence-electron chi connectivity index (χ0n) is 10.4. The van der Waals surface area contributed by atoms with Crippen molar-refractivity contribution < 1.29 is 13.5 Å². The van der Waals surface area contributed by atoms with Crippen LogP contribution in [0.15, 0.2) is 12.1 Å². The van der Waals surface area contributed by atoms with Gasteiger partial charge in [-0.2, -0.15) is 0 Å². The molecule has 1 aromatic rings. The summed E-state index contributed by atoms with van der Waals surface area (Å²) in [6.45, 7) is 1.73. The Kier molecular flexibility index (Phi) is 4.95. The summed E-state index contributed by atoms with van der Waals surface area (Å²) in [6.07, 6.45) is 4.53. The van der Waals surface area contributed by atoms with Gasteiger partial charge in [-0.15, -0.1) is 0 Å². The van der Waals surface area contributed by atoms with Gasteiger partial charge in [0.1, 0.15) is 0 Å².